The standard InChI is InChI=1S/C29H56N2O4/c1-5-7-8-9-10-11-12-13-17-24-34-28(32)18-15-14-16-21-31-23-19-27(25-26(31)6-2)35-29(33)20-22-30(3)4/h26-27H,5-25H2,1-4H3. The van der Waals surface area contributed by atoms with E-state index in [9.17, 15) is 9.59 Å². The summed E-state index contributed by atoms with van der Waals surface area (Å²) in [5.74, 6) is -0.107. The molecule has 1 aliphatic rings. The molecule has 35 heavy (non-hydrogen) atoms. The predicted molar refractivity (Wildman–Crippen MR) is 145 cm³/mol. The van der Waals surface area contributed by atoms with Crippen LogP contribution in [0.15, 0.2) is 0 Å². The van der Waals surface area contributed by atoms with Gasteiger partial charge in [0.05, 0.1) is 13.0 Å². The first-order valence-electron chi connectivity index (χ1n) is 14.7. The van der Waals surface area contributed by atoms with E-state index in [-0.39, 0.29) is 18.0 Å². The molecule has 2 atom stereocenters. The Bertz CT molecular complexity index is 541. The Morgan fingerprint density at radius 1 is 0.829 bits per heavy atom. The summed E-state index contributed by atoms with van der Waals surface area (Å²) in [6, 6.07) is 0.483. The molecule has 0 saturated carbocycles. The van der Waals surface area contributed by atoms with E-state index in [0.717, 1.165) is 64.6 Å². The second kappa shape index (κ2) is 21.0. The third-order valence-electron chi connectivity index (χ3n) is 7.16. The first-order chi connectivity index (χ1) is 17.0. The van der Waals surface area contributed by atoms with Crippen molar-refractivity contribution in [2.24, 2.45) is 0 Å². The Morgan fingerprint density at radius 2 is 1.49 bits per heavy atom. The predicted octanol–water partition coefficient (Wildman–Crippen LogP) is 6.36. The van der Waals surface area contributed by atoms with Crippen LogP contribution in [0.4, 0.5) is 0 Å². The van der Waals surface area contributed by atoms with Crippen molar-refractivity contribution in [2.75, 3.05) is 40.3 Å². The van der Waals surface area contributed by atoms with E-state index in [0.29, 0.717) is 25.5 Å². The lowest BCUT2D eigenvalue weighted by Gasteiger charge is -2.38. The molecule has 6 heteroatoms. The molecule has 1 heterocycles. The number of hydrogen-bond acceptors (Lipinski definition) is 6. The minimum atomic E-state index is -0.0725. The fourth-order valence-electron chi connectivity index (χ4n) is 4.88. The summed E-state index contributed by atoms with van der Waals surface area (Å²) in [5.41, 5.74) is 0. The van der Waals surface area contributed by atoms with Crippen LogP contribution < -0.4 is 0 Å². The number of ether oxygens (including phenoxy) is 2. The summed E-state index contributed by atoms with van der Waals surface area (Å²) < 4.78 is 11.1. The lowest BCUT2D eigenvalue weighted by Crippen LogP contribution is -2.45. The molecule has 0 aromatic heterocycles. The maximum atomic E-state index is 12.1. The molecule has 2 unspecified atom stereocenters. The van der Waals surface area contributed by atoms with Crippen LogP contribution >= 0.6 is 0 Å². The van der Waals surface area contributed by atoms with Gasteiger partial charge in [0.1, 0.15) is 6.10 Å². The van der Waals surface area contributed by atoms with Crippen molar-refractivity contribution < 1.29 is 19.1 Å². The number of unbranched alkanes of at least 4 members (excludes halogenated alkanes) is 10. The highest BCUT2D eigenvalue weighted by atomic mass is 16.5. The maximum Gasteiger partial charge on any atom is 0.307 e. The van der Waals surface area contributed by atoms with Crippen molar-refractivity contribution >= 4 is 11.9 Å². The highest BCUT2D eigenvalue weighted by Gasteiger charge is 2.29. The van der Waals surface area contributed by atoms with Crippen LogP contribution in [-0.2, 0) is 19.1 Å². The van der Waals surface area contributed by atoms with E-state index < -0.39 is 0 Å². The fraction of sp³-hybridized carbons (Fsp3) is 0.931. The van der Waals surface area contributed by atoms with E-state index in [1.54, 1.807) is 0 Å². The molecule has 0 amide bonds. The number of carbonyl (C=O) groups excluding carboxylic acids is 2. The summed E-state index contributed by atoms with van der Waals surface area (Å²) in [7, 11) is 3.95. The summed E-state index contributed by atoms with van der Waals surface area (Å²) in [6.07, 6.45) is 18.6. The first-order valence-corrected chi connectivity index (χ1v) is 14.7. The first kappa shape index (κ1) is 31.9. The molecule has 1 rings (SSSR count). The SMILES string of the molecule is CCCCCCCCCCCOC(=O)CCCCCN1CCC(OC(=O)CCN(C)C)CC1CC. The van der Waals surface area contributed by atoms with Crippen molar-refractivity contribution in [2.45, 2.75) is 135 Å². The van der Waals surface area contributed by atoms with Gasteiger partial charge in [0.2, 0.25) is 0 Å². The van der Waals surface area contributed by atoms with Gasteiger partial charge in [-0.25, -0.2) is 0 Å². The molecule has 0 radical (unpaired) electrons. The van der Waals surface area contributed by atoms with Crippen molar-refractivity contribution in [1.82, 2.24) is 9.80 Å². The number of likely N-dealkylation sites (tertiary alicyclic amines) is 1. The Kier molecular flexibility index (Phi) is 19.1. The molecule has 0 N–H and O–H groups in total. The normalized spacial score (nSPS) is 18.7. The summed E-state index contributed by atoms with van der Waals surface area (Å²) in [4.78, 5) is 28.6. The average Bonchev–Trinajstić information content (AvgIpc) is 2.84. The molecule has 206 valence electrons. The monoisotopic (exact) mass is 496 g/mol. The van der Waals surface area contributed by atoms with Gasteiger partial charge < -0.3 is 19.3 Å². The molecule has 0 spiro atoms. The van der Waals surface area contributed by atoms with Gasteiger partial charge in [-0.1, -0.05) is 71.6 Å². The molecule has 0 aromatic rings. The van der Waals surface area contributed by atoms with E-state index in [1.165, 1.54) is 51.4 Å². The van der Waals surface area contributed by atoms with Gasteiger partial charge in [0.25, 0.3) is 0 Å². The second-order valence-corrected chi connectivity index (χ2v) is 10.6. The lowest BCUT2D eigenvalue weighted by molar-refractivity contribution is -0.152. The zero-order valence-corrected chi connectivity index (χ0v) is 23.5. The van der Waals surface area contributed by atoms with Crippen LogP contribution in [0.3, 0.4) is 0 Å². The Balaban J connectivity index is 2.02. The molecule has 1 fully saturated rings. The fourth-order valence-corrected chi connectivity index (χ4v) is 4.88. The smallest absolute Gasteiger partial charge is 0.307 e. The van der Waals surface area contributed by atoms with Gasteiger partial charge in [0.15, 0.2) is 0 Å². The molecular formula is C29H56N2O4. The van der Waals surface area contributed by atoms with E-state index in [1.807, 2.05) is 19.0 Å². The molecule has 0 aliphatic carbocycles. The van der Waals surface area contributed by atoms with E-state index >= 15 is 0 Å². The number of rotatable bonds is 21. The van der Waals surface area contributed by atoms with E-state index in [4.69, 9.17) is 9.47 Å². The molecule has 1 aliphatic heterocycles. The number of esters is 2. The van der Waals surface area contributed by atoms with Crippen molar-refractivity contribution in [3.8, 4) is 0 Å². The maximum absolute atomic E-state index is 12.1. The summed E-state index contributed by atoms with van der Waals surface area (Å²) in [6.45, 7) is 7.85. The Morgan fingerprint density at radius 3 is 2.14 bits per heavy atom. The van der Waals surface area contributed by atoms with Crippen LogP contribution in [0.1, 0.15) is 123 Å². The van der Waals surface area contributed by atoms with Crippen LogP contribution in [-0.4, -0.2) is 74.2 Å². The minimum Gasteiger partial charge on any atom is -0.466 e. The second-order valence-electron chi connectivity index (χ2n) is 10.6. The van der Waals surface area contributed by atoms with Gasteiger partial charge in [0, 0.05) is 25.6 Å². The van der Waals surface area contributed by atoms with Crippen LogP contribution in [0, 0.1) is 0 Å². The van der Waals surface area contributed by atoms with Crippen molar-refractivity contribution in [1.29, 1.82) is 0 Å². The van der Waals surface area contributed by atoms with Gasteiger partial charge in [-0.3, -0.25) is 9.59 Å². The zero-order chi connectivity index (χ0) is 25.7. The van der Waals surface area contributed by atoms with Crippen LogP contribution in [0.2, 0.25) is 0 Å². The van der Waals surface area contributed by atoms with Crippen LogP contribution in [0.5, 0.6) is 0 Å². The molecular weight excluding hydrogens is 440 g/mol. The molecule has 1 saturated heterocycles. The zero-order valence-electron chi connectivity index (χ0n) is 23.5. The lowest BCUT2D eigenvalue weighted by atomic mass is 9.96. The average molecular weight is 497 g/mol. The summed E-state index contributed by atoms with van der Waals surface area (Å²) >= 11 is 0. The third-order valence-corrected chi connectivity index (χ3v) is 7.16. The molecule has 0 aromatic carbocycles. The Labute approximate surface area is 216 Å². The quantitative estimate of drug-likeness (QED) is 0.136. The van der Waals surface area contributed by atoms with Gasteiger partial charge in [-0.15, -0.1) is 0 Å². The molecule has 6 nitrogen and oxygen atoms in total. The number of piperidine rings is 1. The largest absolute Gasteiger partial charge is 0.466 e. The number of carbonyl (C=O) groups is 2. The highest BCUT2D eigenvalue weighted by molar-refractivity contribution is 5.69. The van der Waals surface area contributed by atoms with Crippen LogP contribution in [0.25, 0.3) is 0 Å². The Hall–Kier alpha value is -1.14. The number of hydrogen-bond donors (Lipinski definition) is 0. The van der Waals surface area contributed by atoms with E-state index in [2.05, 4.69) is 18.7 Å². The minimum absolute atomic E-state index is 0.0344. The van der Waals surface area contributed by atoms with Gasteiger partial charge in [-0.05, 0) is 59.2 Å². The van der Waals surface area contributed by atoms with Crippen molar-refractivity contribution in [3.05, 3.63) is 0 Å². The number of nitrogens with zero attached hydrogens (tertiary/aromatic N) is 2. The van der Waals surface area contributed by atoms with Gasteiger partial charge >= 0.3 is 11.9 Å². The summed E-state index contributed by atoms with van der Waals surface area (Å²) in [5, 5.41) is 0. The highest BCUT2D eigenvalue weighted by Crippen LogP contribution is 2.23. The van der Waals surface area contributed by atoms with Gasteiger partial charge in [-0.2, -0.15) is 0 Å². The third kappa shape index (κ3) is 17.0. The van der Waals surface area contributed by atoms with Crippen molar-refractivity contribution in [3.63, 3.8) is 0 Å². The topological polar surface area (TPSA) is 59.1 Å². The molecule has 0 bridgehead atoms.